The molecule has 0 unspecified atom stereocenters. The molecule has 0 bridgehead atoms. The average molecular weight is 287 g/mol. The fourth-order valence-electron chi connectivity index (χ4n) is 1.58. The molecule has 2 aromatic carbocycles. The minimum absolute atomic E-state index is 0.0135. The first-order valence-corrected chi connectivity index (χ1v) is 7.88. The molecule has 0 N–H and O–H groups in total. The number of azo groups is 1. The Hall–Kier alpha value is -2.01. The van der Waals surface area contributed by atoms with Crippen molar-refractivity contribution in [2.24, 2.45) is 10.2 Å². The fraction of sp³-hybridized carbons (Fsp3) is 0.133. The van der Waals surface area contributed by atoms with Gasteiger partial charge in [0.1, 0.15) is 0 Å². The van der Waals surface area contributed by atoms with Gasteiger partial charge in [-0.1, -0.05) is 30.3 Å². The molecule has 0 atom stereocenters. The first kappa shape index (κ1) is 14.4. The molecule has 0 saturated heterocycles. The Morgan fingerprint density at radius 3 is 2.00 bits per heavy atom. The summed E-state index contributed by atoms with van der Waals surface area (Å²) in [4.78, 5) is 0. The van der Waals surface area contributed by atoms with Gasteiger partial charge in [0.2, 0.25) is 0 Å². The predicted molar refractivity (Wildman–Crippen MR) is 79.7 cm³/mol. The van der Waals surface area contributed by atoms with Crippen molar-refractivity contribution in [3.63, 3.8) is 0 Å². The predicted octanol–water partition coefficient (Wildman–Crippen LogP) is 4.20. The molecule has 0 fully saturated rings. The van der Waals surface area contributed by atoms with E-state index in [4.69, 9.17) is 0 Å². The summed E-state index contributed by atoms with van der Waals surface area (Å²) >= 11 is 0. The normalized spacial score (nSPS) is 11.8. The van der Waals surface area contributed by atoms with Crippen LogP contribution in [0.1, 0.15) is 12.5 Å². The highest BCUT2D eigenvalue weighted by Crippen LogP contribution is 2.19. The molecule has 0 aliphatic rings. The molecule has 4 nitrogen and oxygen atoms in total. The van der Waals surface area contributed by atoms with E-state index in [2.05, 4.69) is 10.2 Å². The molecule has 103 valence electrons. The topological polar surface area (TPSA) is 58.9 Å². The minimum atomic E-state index is -3.12. The summed E-state index contributed by atoms with van der Waals surface area (Å²) < 4.78 is 22.9. The molecule has 2 aromatic rings. The van der Waals surface area contributed by atoms with Gasteiger partial charge in [-0.25, -0.2) is 8.42 Å². The Bertz CT molecular complexity index is 678. The zero-order chi connectivity index (χ0) is 14.4. The van der Waals surface area contributed by atoms with Crippen LogP contribution < -0.4 is 0 Å². The second-order valence-corrected chi connectivity index (χ2v) is 6.33. The van der Waals surface area contributed by atoms with E-state index in [0.29, 0.717) is 5.69 Å². The van der Waals surface area contributed by atoms with Crippen molar-refractivity contribution in [3.8, 4) is 0 Å². The third kappa shape index (κ3) is 4.28. The van der Waals surface area contributed by atoms with Crippen molar-refractivity contribution in [3.05, 3.63) is 65.9 Å². The molecular formula is C15H15N2O2S. The maximum atomic E-state index is 11.5. The molecular weight excluding hydrogens is 272 g/mol. The van der Waals surface area contributed by atoms with Crippen LogP contribution in [0.25, 0.3) is 0 Å². The summed E-state index contributed by atoms with van der Waals surface area (Å²) in [5.74, 6) is 1.23. The van der Waals surface area contributed by atoms with Crippen molar-refractivity contribution in [2.45, 2.75) is 12.7 Å². The maximum absolute atomic E-state index is 11.5. The van der Waals surface area contributed by atoms with Crippen LogP contribution >= 0.6 is 0 Å². The monoisotopic (exact) mass is 287 g/mol. The highest BCUT2D eigenvalue weighted by atomic mass is 32.2. The Morgan fingerprint density at radius 1 is 0.900 bits per heavy atom. The van der Waals surface area contributed by atoms with Gasteiger partial charge in [0.25, 0.3) is 0 Å². The lowest BCUT2D eigenvalue weighted by Gasteiger charge is -2.01. The quantitative estimate of drug-likeness (QED) is 0.774. The van der Waals surface area contributed by atoms with Gasteiger partial charge in [-0.15, -0.1) is 0 Å². The first-order valence-electron chi connectivity index (χ1n) is 6.17. The van der Waals surface area contributed by atoms with Crippen LogP contribution in [-0.2, 0) is 15.6 Å². The van der Waals surface area contributed by atoms with Crippen molar-refractivity contribution < 1.29 is 8.42 Å². The first-order chi connectivity index (χ1) is 9.59. The third-order valence-electron chi connectivity index (χ3n) is 2.70. The van der Waals surface area contributed by atoms with E-state index in [9.17, 15) is 8.42 Å². The van der Waals surface area contributed by atoms with Gasteiger partial charge < -0.3 is 0 Å². The van der Waals surface area contributed by atoms with Gasteiger partial charge in [-0.3, -0.25) is 0 Å². The van der Waals surface area contributed by atoms with E-state index in [-0.39, 0.29) is 5.75 Å². The number of sulfone groups is 1. The van der Waals surface area contributed by atoms with E-state index < -0.39 is 9.84 Å². The largest absolute Gasteiger partial charge is 0.228 e. The molecule has 0 spiro atoms. The van der Waals surface area contributed by atoms with Crippen molar-refractivity contribution in [2.75, 3.05) is 0 Å². The molecule has 1 radical (unpaired) electrons. The Morgan fingerprint density at radius 2 is 1.45 bits per heavy atom. The van der Waals surface area contributed by atoms with Gasteiger partial charge in [0, 0.05) is 0 Å². The summed E-state index contributed by atoms with van der Waals surface area (Å²) in [6.45, 7) is 1.53. The molecule has 0 saturated carbocycles. The molecule has 0 aliphatic heterocycles. The summed E-state index contributed by atoms with van der Waals surface area (Å²) in [5.41, 5.74) is 2.21. The standard InChI is InChI=1S/C15H15N2O2S/c1-2-20(18,19)12-13-8-10-15(11-9-13)17-16-14-6-4-3-5-7-14/h2-11H,12H2,1H3/b17-16+. The molecule has 20 heavy (non-hydrogen) atoms. The lowest BCUT2D eigenvalue weighted by Crippen LogP contribution is -2.01. The lowest BCUT2D eigenvalue weighted by atomic mass is 10.2. The van der Waals surface area contributed by atoms with E-state index in [1.807, 2.05) is 30.3 Å². The van der Waals surface area contributed by atoms with Crippen LogP contribution in [0.2, 0.25) is 0 Å². The van der Waals surface area contributed by atoms with Crippen LogP contribution in [-0.4, -0.2) is 8.42 Å². The van der Waals surface area contributed by atoms with Gasteiger partial charge in [0.05, 0.1) is 22.9 Å². The zero-order valence-corrected chi connectivity index (χ0v) is 11.9. The lowest BCUT2D eigenvalue weighted by molar-refractivity contribution is 0.601. The van der Waals surface area contributed by atoms with Crippen LogP contribution in [0.15, 0.2) is 64.8 Å². The highest BCUT2D eigenvalue weighted by Gasteiger charge is 2.08. The molecule has 0 heterocycles. The number of rotatable bonds is 5. The SMILES string of the molecule is C[CH]S(=O)(=O)Cc1ccc(/N=N/c2ccccc2)cc1. The average Bonchev–Trinajstić information content (AvgIpc) is 2.47. The van der Waals surface area contributed by atoms with Gasteiger partial charge in [-0.2, -0.15) is 10.2 Å². The summed E-state index contributed by atoms with van der Waals surface area (Å²) in [6.07, 6.45) is 0. The van der Waals surface area contributed by atoms with Crippen LogP contribution in [0.3, 0.4) is 0 Å². The summed E-state index contributed by atoms with van der Waals surface area (Å²) in [5, 5.41) is 8.20. The van der Waals surface area contributed by atoms with Crippen molar-refractivity contribution in [1.82, 2.24) is 0 Å². The molecule has 0 aliphatic carbocycles. The summed E-state index contributed by atoms with van der Waals surface area (Å²) in [6, 6.07) is 16.4. The van der Waals surface area contributed by atoms with Gasteiger partial charge in [-0.05, 0) is 36.8 Å². The smallest absolute Gasteiger partial charge is 0.158 e. The van der Waals surface area contributed by atoms with E-state index in [1.54, 1.807) is 24.3 Å². The Kier molecular flexibility index (Phi) is 4.63. The second kappa shape index (κ2) is 6.43. The second-order valence-electron chi connectivity index (χ2n) is 4.24. The highest BCUT2D eigenvalue weighted by molar-refractivity contribution is 7.92. The zero-order valence-electron chi connectivity index (χ0n) is 11.1. The van der Waals surface area contributed by atoms with E-state index in [1.165, 1.54) is 12.7 Å². The van der Waals surface area contributed by atoms with Crippen LogP contribution in [0.4, 0.5) is 11.4 Å². The van der Waals surface area contributed by atoms with E-state index in [0.717, 1.165) is 11.3 Å². The van der Waals surface area contributed by atoms with Crippen molar-refractivity contribution >= 4 is 21.2 Å². The van der Waals surface area contributed by atoms with Crippen LogP contribution in [0, 0.1) is 5.75 Å². The van der Waals surface area contributed by atoms with Crippen LogP contribution in [0.5, 0.6) is 0 Å². The molecule has 5 heteroatoms. The molecule has 0 amide bonds. The Labute approximate surface area is 119 Å². The summed E-state index contributed by atoms with van der Waals surface area (Å²) in [7, 11) is -3.12. The number of benzene rings is 2. The van der Waals surface area contributed by atoms with Crippen molar-refractivity contribution in [1.29, 1.82) is 0 Å². The Balaban J connectivity index is 2.07. The number of nitrogens with zero attached hydrogens (tertiary/aromatic N) is 2. The number of hydrogen-bond acceptors (Lipinski definition) is 4. The van der Waals surface area contributed by atoms with Gasteiger partial charge >= 0.3 is 0 Å². The fourth-order valence-corrected chi connectivity index (χ4v) is 2.41. The minimum Gasteiger partial charge on any atom is -0.228 e. The maximum Gasteiger partial charge on any atom is 0.158 e. The number of hydrogen-bond donors (Lipinski definition) is 0. The van der Waals surface area contributed by atoms with E-state index >= 15 is 0 Å². The molecule has 0 aromatic heterocycles. The van der Waals surface area contributed by atoms with Gasteiger partial charge in [0.15, 0.2) is 9.84 Å². The third-order valence-corrected chi connectivity index (χ3v) is 4.15. The molecule has 2 rings (SSSR count).